The highest BCUT2D eigenvalue weighted by atomic mass is 16.0. The molecule has 0 spiro atoms. The zero-order chi connectivity index (χ0) is 17.2. The first-order chi connectivity index (χ1) is 11.4. The summed E-state index contributed by atoms with van der Waals surface area (Å²) in [5.41, 5.74) is 39.2. The topological polar surface area (TPSA) is 345 Å². The van der Waals surface area contributed by atoms with Gasteiger partial charge in [0.15, 0.2) is 0 Å². The van der Waals surface area contributed by atoms with Gasteiger partial charge >= 0.3 is 0 Å². The number of nitrogens with two attached hydrogens (primary N) is 6. The molecular weight excluding hydrogens is 396 g/mol. The number of anilines is 6. The highest BCUT2D eigenvalue weighted by molar-refractivity contribution is 6.28. The second-order valence-corrected chi connectivity index (χ2v) is 6.08. The predicted molar refractivity (Wildman–Crippen MR) is 127 cm³/mol. The van der Waals surface area contributed by atoms with Crippen LogP contribution in [0.25, 0.3) is 32.3 Å². The van der Waals surface area contributed by atoms with E-state index in [-0.39, 0.29) is 32.9 Å². The lowest BCUT2D eigenvalue weighted by atomic mass is 9.92. The third-order valence-corrected chi connectivity index (χ3v) is 4.54. The van der Waals surface area contributed by atoms with E-state index in [1.807, 2.05) is 36.4 Å². The van der Waals surface area contributed by atoms with Crippen molar-refractivity contribution in [1.29, 1.82) is 0 Å². The van der Waals surface area contributed by atoms with Gasteiger partial charge in [-0.1, -0.05) is 0 Å². The molecule has 0 aromatic heterocycles. The number of hydrogen-bond acceptors (Lipinski definition) is 6. The summed E-state index contributed by atoms with van der Waals surface area (Å²) in [6.45, 7) is 0. The van der Waals surface area contributed by atoms with E-state index in [0.29, 0.717) is 34.1 Å². The Morgan fingerprint density at radius 1 is 0.267 bits per heavy atom. The molecule has 0 saturated heterocycles. The molecule has 0 fully saturated rings. The number of benzene rings is 4. The van der Waals surface area contributed by atoms with Gasteiger partial charge in [0.1, 0.15) is 0 Å². The molecule has 30 heavy (non-hydrogen) atoms. The molecule has 4 aromatic carbocycles. The summed E-state index contributed by atoms with van der Waals surface area (Å²) < 4.78 is 0. The van der Waals surface area contributed by atoms with Crippen molar-refractivity contribution >= 4 is 66.4 Å². The van der Waals surface area contributed by atoms with Gasteiger partial charge in [0.05, 0.1) is 34.1 Å². The third kappa shape index (κ3) is 4.13. The molecule has 4 aromatic rings. The van der Waals surface area contributed by atoms with Crippen LogP contribution in [0.2, 0.25) is 0 Å². The fourth-order valence-corrected chi connectivity index (χ4v) is 3.24. The van der Waals surface area contributed by atoms with Crippen LogP contribution in [0.5, 0.6) is 0 Å². The fraction of sp³-hybridized carbons (Fsp3) is 0. The minimum absolute atomic E-state index is 0. The lowest BCUT2D eigenvalue weighted by Crippen LogP contribution is -1.99. The van der Waals surface area contributed by atoms with Gasteiger partial charge in [0.25, 0.3) is 0 Å². The molecule has 12 heteroatoms. The Morgan fingerprint density at radius 2 is 0.367 bits per heavy atom. The molecule has 24 N–H and O–H groups in total. The molecule has 0 heterocycles. The zero-order valence-corrected chi connectivity index (χ0v) is 15.9. The van der Waals surface area contributed by atoms with Crippen molar-refractivity contribution < 1.29 is 32.9 Å². The van der Waals surface area contributed by atoms with Crippen LogP contribution in [-0.2, 0) is 0 Å². The quantitative estimate of drug-likeness (QED) is 0.132. The maximum atomic E-state index is 6.02. The molecule has 0 amide bonds. The van der Waals surface area contributed by atoms with Crippen molar-refractivity contribution in [3.8, 4) is 0 Å². The zero-order valence-electron chi connectivity index (χ0n) is 15.9. The van der Waals surface area contributed by atoms with Gasteiger partial charge in [-0.05, 0) is 68.7 Å². The highest BCUT2D eigenvalue weighted by Crippen LogP contribution is 2.41. The smallest absolute Gasteiger partial charge is 0.0554 e. The number of fused-ring (bicyclic) bond motifs is 6. The predicted octanol–water partition coefficient (Wildman–Crippen LogP) is -2.31. The Balaban J connectivity index is -0.00000121. The van der Waals surface area contributed by atoms with Gasteiger partial charge < -0.3 is 67.3 Å². The molecule has 168 valence electrons. The standard InChI is InChI=1S/C18H18N6.6H2O/c19-13-1-7-8(2-14(13)20)10-4-17(23)18(24)6-12(10)11-5-16(22)15(21)3-9(7)11;;;;;;/h1-6H,19-24H2;6*1H2. The minimum Gasteiger partial charge on any atom is -0.412 e. The molecule has 0 unspecified atom stereocenters. The maximum Gasteiger partial charge on any atom is 0.0554 e. The molecule has 0 aliphatic rings. The van der Waals surface area contributed by atoms with E-state index in [4.69, 9.17) is 34.4 Å². The van der Waals surface area contributed by atoms with E-state index in [1.165, 1.54) is 0 Å². The Kier molecular flexibility index (Phi) is 10.4. The first-order valence-electron chi connectivity index (χ1n) is 7.45. The fourth-order valence-electron chi connectivity index (χ4n) is 3.24. The van der Waals surface area contributed by atoms with Crippen molar-refractivity contribution in [2.75, 3.05) is 34.4 Å². The van der Waals surface area contributed by atoms with Crippen LogP contribution in [0.15, 0.2) is 36.4 Å². The second-order valence-electron chi connectivity index (χ2n) is 6.08. The minimum atomic E-state index is 0. The molecule has 12 nitrogen and oxygen atoms in total. The molecule has 4 rings (SSSR count). The van der Waals surface area contributed by atoms with Crippen LogP contribution < -0.4 is 34.4 Å². The van der Waals surface area contributed by atoms with E-state index in [1.54, 1.807) is 0 Å². The average Bonchev–Trinajstić information content (AvgIpc) is 2.53. The lowest BCUT2D eigenvalue weighted by Gasteiger charge is -2.15. The van der Waals surface area contributed by atoms with Gasteiger partial charge in [-0.3, -0.25) is 0 Å². The van der Waals surface area contributed by atoms with E-state index >= 15 is 0 Å². The van der Waals surface area contributed by atoms with E-state index in [9.17, 15) is 0 Å². The van der Waals surface area contributed by atoms with Gasteiger partial charge in [-0.2, -0.15) is 0 Å². The summed E-state index contributed by atoms with van der Waals surface area (Å²) in [6, 6.07) is 11.1. The van der Waals surface area contributed by atoms with Crippen molar-refractivity contribution in [3.63, 3.8) is 0 Å². The summed E-state index contributed by atoms with van der Waals surface area (Å²) in [6.07, 6.45) is 0. The van der Waals surface area contributed by atoms with E-state index < -0.39 is 0 Å². The SMILES string of the molecule is Nc1cc2c3cc(N)c(N)cc3c3cc(N)c(N)cc3c2cc1N.O.O.O.O.O.O. The Hall–Kier alpha value is -3.78. The van der Waals surface area contributed by atoms with Gasteiger partial charge in [0.2, 0.25) is 0 Å². The van der Waals surface area contributed by atoms with E-state index in [2.05, 4.69) is 0 Å². The summed E-state index contributed by atoms with van der Waals surface area (Å²) in [7, 11) is 0. The van der Waals surface area contributed by atoms with Crippen molar-refractivity contribution in [1.82, 2.24) is 0 Å². The number of nitrogen functional groups attached to an aromatic ring is 6. The van der Waals surface area contributed by atoms with Crippen LogP contribution in [0.3, 0.4) is 0 Å². The van der Waals surface area contributed by atoms with Crippen LogP contribution in [0.4, 0.5) is 34.1 Å². The molecule has 0 aliphatic carbocycles. The summed E-state index contributed by atoms with van der Waals surface area (Å²) in [4.78, 5) is 0. The van der Waals surface area contributed by atoms with Gasteiger partial charge in [-0.25, -0.2) is 0 Å². The largest absolute Gasteiger partial charge is 0.412 e. The molecule has 0 atom stereocenters. The number of hydrogen-bond donors (Lipinski definition) is 6. The molecule has 0 bridgehead atoms. The second kappa shape index (κ2) is 10.1. The first kappa shape index (κ1) is 30.9. The van der Waals surface area contributed by atoms with Gasteiger partial charge in [-0.15, -0.1) is 0 Å². The van der Waals surface area contributed by atoms with Crippen LogP contribution in [-0.4, -0.2) is 32.9 Å². The van der Waals surface area contributed by atoms with Crippen LogP contribution in [0.1, 0.15) is 0 Å². The Bertz CT molecular complexity index is 918. The Morgan fingerprint density at radius 3 is 0.467 bits per heavy atom. The van der Waals surface area contributed by atoms with Crippen LogP contribution >= 0.6 is 0 Å². The first-order valence-corrected chi connectivity index (χ1v) is 7.45. The van der Waals surface area contributed by atoms with Crippen molar-refractivity contribution in [3.05, 3.63) is 36.4 Å². The lowest BCUT2D eigenvalue weighted by molar-refractivity contribution is 0.823. The summed E-state index contributed by atoms with van der Waals surface area (Å²) in [5.74, 6) is 0. The molecule has 0 saturated carbocycles. The summed E-state index contributed by atoms with van der Waals surface area (Å²) >= 11 is 0. The maximum absolute atomic E-state index is 6.02. The highest BCUT2D eigenvalue weighted by Gasteiger charge is 2.13. The summed E-state index contributed by atoms with van der Waals surface area (Å²) in [5, 5.41) is 5.67. The molecule has 0 aliphatic heterocycles. The third-order valence-electron chi connectivity index (χ3n) is 4.54. The van der Waals surface area contributed by atoms with Crippen molar-refractivity contribution in [2.24, 2.45) is 0 Å². The Labute approximate surface area is 170 Å². The van der Waals surface area contributed by atoms with Crippen molar-refractivity contribution in [2.45, 2.75) is 0 Å². The molecular formula is C18H30N6O6. The molecule has 0 radical (unpaired) electrons. The average molecular weight is 426 g/mol. The normalized spacial score (nSPS) is 9.20. The number of rotatable bonds is 0. The van der Waals surface area contributed by atoms with Crippen LogP contribution in [0, 0.1) is 0 Å². The monoisotopic (exact) mass is 426 g/mol. The van der Waals surface area contributed by atoms with Gasteiger partial charge in [0, 0.05) is 0 Å². The van der Waals surface area contributed by atoms with E-state index in [0.717, 1.165) is 32.3 Å².